The molecule has 2 nitrogen and oxygen atoms in total. The fourth-order valence-corrected chi connectivity index (χ4v) is 1.64. The van der Waals surface area contributed by atoms with Gasteiger partial charge in [-0.2, -0.15) is 0 Å². The van der Waals surface area contributed by atoms with Gasteiger partial charge in [-0.1, -0.05) is 23.7 Å². The first kappa shape index (κ1) is 13.0. The van der Waals surface area contributed by atoms with Gasteiger partial charge in [-0.25, -0.2) is 0 Å². The van der Waals surface area contributed by atoms with E-state index in [1.807, 2.05) is 52.0 Å². The Labute approximate surface area is 102 Å². The fraction of sp³-hybridized carbons (Fsp3) is 0.462. The van der Waals surface area contributed by atoms with E-state index in [2.05, 4.69) is 5.32 Å². The first-order valence-electron chi connectivity index (χ1n) is 5.41. The molecule has 0 saturated carbocycles. The molecule has 0 heterocycles. The van der Waals surface area contributed by atoms with Crippen LogP contribution in [0.5, 0.6) is 0 Å². The Hall–Kier alpha value is -1.02. The van der Waals surface area contributed by atoms with E-state index in [0.717, 1.165) is 5.56 Å². The molecule has 0 bridgehead atoms. The SMILES string of the molecule is CC(C)NC(=O)C(C)(C)c1cccc(Cl)c1. The molecule has 0 spiro atoms. The van der Waals surface area contributed by atoms with Crippen molar-refractivity contribution in [2.75, 3.05) is 0 Å². The van der Waals surface area contributed by atoms with Gasteiger partial charge in [0.25, 0.3) is 0 Å². The molecule has 0 aliphatic carbocycles. The lowest BCUT2D eigenvalue weighted by atomic mass is 9.83. The summed E-state index contributed by atoms with van der Waals surface area (Å²) in [6, 6.07) is 7.57. The standard InChI is InChI=1S/C13H18ClNO/c1-9(2)15-12(16)13(3,4)10-6-5-7-11(14)8-10/h5-9H,1-4H3,(H,15,16). The largest absolute Gasteiger partial charge is 0.353 e. The van der Waals surface area contributed by atoms with Crippen LogP contribution in [0.1, 0.15) is 33.3 Å². The maximum atomic E-state index is 12.0. The summed E-state index contributed by atoms with van der Waals surface area (Å²) in [4.78, 5) is 12.0. The minimum absolute atomic E-state index is 0.0183. The summed E-state index contributed by atoms with van der Waals surface area (Å²) in [5, 5.41) is 3.57. The van der Waals surface area contributed by atoms with Gasteiger partial charge in [-0.05, 0) is 45.4 Å². The molecule has 0 radical (unpaired) electrons. The number of halogens is 1. The Balaban J connectivity index is 2.97. The van der Waals surface area contributed by atoms with Crippen LogP contribution in [-0.2, 0) is 10.2 Å². The molecule has 0 atom stereocenters. The molecular formula is C13H18ClNO. The van der Waals surface area contributed by atoms with Gasteiger partial charge in [0.1, 0.15) is 0 Å². The zero-order valence-electron chi connectivity index (χ0n) is 10.2. The maximum Gasteiger partial charge on any atom is 0.230 e. The van der Waals surface area contributed by atoms with Crippen molar-refractivity contribution in [3.05, 3.63) is 34.9 Å². The fourth-order valence-electron chi connectivity index (χ4n) is 1.45. The number of nitrogens with one attached hydrogen (secondary N) is 1. The van der Waals surface area contributed by atoms with Gasteiger partial charge in [0.2, 0.25) is 5.91 Å². The van der Waals surface area contributed by atoms with E-state index < -0.39 is 5.41 Å². The summed E-state index contributed by atoms with van der Waals surface area (Å²) in [5.74, 6) is 0.0183. The molecule has 1 N–H and O–H groups in total. The molecular weight excluding hydrogens is 222 g/mol. The Morgan fingerprint density at radius 3 is 2.50 bits per heavy atom. The molecule has 88 valence electrons. The third kappa shape index (κ3) is 2.99. The third-order valence-corrected chi connectivity index (χ3v) is 2.77. The van der Waals surface area contributed by atoms with Crippen LogP contribution in [0.15, 0.2) is 24.3 Å². The molecule has 0 aliphatic rings. The van der Waals surface area contributed by atoms with Crippen LogP contribution in [0.25, 0.3) is 0 Å². The van der Waals surface area contributed by atoms with Crippen molar-refractivity contribution in [1.82, 2.24) is 5.32 Å². The van der Waals surface area contributed by atoms with E-state index in [-0.39, 0.29) is 11.9 Å². The monoisotopic (exact) mass is 239 g/mol. The Kier molecular flexibility index (Phi) is 3.98. The van der Waals surface area contributed by atoms with Crippen molar-refractivity contribution in [1.29, 1.82) is 0 Å². The minimum Gasteiger partial charge on any atom is -0.353 e. The summed E-state index contributed by atoms with van der Waals surface area (Å²) in [5.41, 5.74) is 0.368. The molecule has 1 amide bonds. The summed E-state index contributed by atoms with van der Waals surface area (Å²) >= 11 is 5.93. The Morgan fingerprint density at radius 2 is 2.00 bits per heavy atom. The number of hydrogen-bond donors (Lipinski definition) is 1. The highest BCUT2D eigenvalue weighted by molar-refractivity contribution is 6.30. The third-order valence-electron chi connectivity index (χ3n) is 2.53. The zero-order chi connectivity index (χ0) is 12.3. The van der Waals surface area contributed by atoms with E-state index >= 15 is 0 Å². The highest BCUT2D eigenvalue weighted by Gasteiger charge is 2.30. The molecule has 0 aromatic heterocycles. The smallest absolute Gasteiger partial charge is 0.230 e. The van der Waals surface area contributed by atoms with E-state index in [4.69, 9.17) is 11.6 Å². The lowest BCUT2D eigenvalue weighted by Gasteiger charge is -2.25. The number of benzene rings is 1. The summed E-state index contributed by atoms with van der Waals surface area (Å²) in [6.45, 7) is 7.70. The molecule has 1 aromatic rings. The van der Waals surface area contributed by atoms with Gasteiger partial charge >= 0.3 is 0 Å². The van der Waals surface area contributed by atoms with Crippen molar-refractivity contribution >= 4 is 17.5 Å². The van der Waals surface area contributed by atoms with Crippen LogP contribution >= 0.6 is 11.6 Å². The minimum atomic E-state index is -0.560. The van der Waals surface area contributed by atoms with E-state index in [1.165, 1.54) is 0 Å². The van der Waals surface area contributed by atoms with Crippen molar-refractivity contribution < 1.29 is 4.79 Å². The molecule has 16 heavy (non-hydrogen) atoms. The number of rotatable bonds is 3. The molecule has 0 saturated heterocycles. The van der Waals surface area contributed by atoms with E-state index in [0.29, 0.717) is 5.02 Å². The van der Waals surface area contributed by atoms with Crippen molar-refractivity contribution in [3.8, 4) is 0 Å². The number of carbonyl (C=O) groups is 1. The quantitative estimate of drug-likeness (QED) is 0.863. The molecule has 1 rings (SSSR count). The van der Waals surface area contributed by atoms with Crippen LogP contribution in [0.4, 0.5) is 0 Å². The number of carbonyl (C=O) groups excluding carboxylic acids is 1. The van der Waals surface area contributed by atoms with Gasteiger partial charge in [-0.3, -0.25) is 4.79 Å². The van der Waals surface area contributed by atoms with Crippen LogP contribution in [0.2, 0.25) is 5.02 Å². The molecule has 1 aromatic carbocycles. The Bertz CT molecular complexity index is 385. The molecule has 3 heteroatoms. The second-order valence-corrected chi connectivity index (χ2v) is 5.20. The second-order valence-electron chi connectivity index (χ2n) is 4.76. The predicted octanol–water partition coefficient (Wildman–Crippen LogP) is 3.14. The van der Waals surface area contributed by atoms with Crippen LogP contribution in [-0.4, -0.2) is 11.9 Å². The summed E-state index contributed by atoms with van der Waals surface area (Å²) in [6.07, 6.45) is 0. The lowest BCUT2D eigenvalue weighted by Crippen LogP contribution is -2.43. The van der Waals surface area contributed by atoms with Crippen molar-refractivity contribution in [3.63, 3.8) is 0 Å². The van der Waals surface area contributed by atoms with Gasteiger partial charge in [0.05, 0.1) is 5.41 Å². The van der Waals surface area contributed by atoms with Gasteiger partial charge in [0.15, 0.2) is 0 Å². The van der Waals surface area contributed by atoms with Gasteiger partial charge in [-0.15, -0.1) is 0 Å². The highest BCUT2D eigenvalue weighted by atomic mass is 35.5. The van der Waals surface area contributed by atoms with Crippen LogP contribution < -0.4 is 5.32 Å². The normalized spacial score (nSPS) is 11.6. The van der Waals surface area contributed by atoms with E-state index in [1.54, 1.807) is 0 Å². The van der Waals surface area contributed by atoms with Crippen molar-refractivity contribution in [2.24, 2.45) is 0 Å². The average molecular weight is 240 g/mol. The second kappa shape index (κ2) is 4.88. The highest BCUT2D eigenvalue weighted by Crippen LogP contribution is 2.25. The zero-order valence-corrected chi connectivity index (χ0v) is 10.9. The van der Waals surface area contributed by atoms with Crippen LogP contribution in [0.3, 0.4) is 0 Å². The number of amides is 1. The predicted molar refractivity (Wildman–Crippen MR) is 67.8 cm³/mol. The summed E-state index contributed by atoms with van der Waals surface area (Å²) in [7, 11) is 0. The first-order valence-corrected chi connectivity index (χ1v) is 5.79. The Morgan fingerprint density at radius 1 is 1.38 bits per heavy atom. The van der Waals surface area contributed by atoms with Crippen molar-refractivity contribution in [2.45, 2.75) is 39.2 Å². The van der Waals surface area contributed by atoms with Crippen LogP contribution in [0, 0.1) is 0 Å². The summed E-state index contributed by atoms with van der Waals surface area (Å²) < 4.78 is 0. The van der Waals surface area contributed by atoms with Gasteiger partial charge in [0, 0.05) is 11.1 Å². The van der Waals surface area contributed by atoms with E-state index in [9.17, 15) is 4.79 Å². The first-order chi connectivity index (χ1) is 7.34. The average Bonchev–Trinajstić information content (AvgIpc) is 2.16. The van der Waals surface area contributed by atoms with Gasteiger partial charge < -0.3 is 5.32 Å². The molecule has 0 unspecified atom stereocenters. The number of hydrogen-bond acceptors (Lipinski definition) is 1. The topological polar surface area (TPSA) is 29.1 Å². The maximum absolute atomic E-state index is 12.0. The molecule has 0 aliphatic heterocycles. The lowest BCUT2D eigenvalue weighted by molar-refractivity contribution is -0.126. The molecule has 0 fully saturated rings.